The molecule has 1 aliphatic heterocycles. The number of aryl methyl sites for hydroxylation is 1. The van der Waals surface area contributed by atoms with Gasteiger partial charge in [-0.2, -0.15) is 4.31 Å². The van der Waals surface area contributed by atoms with Gasteiger partial charge in [0, 0.05) is 32.7 Å². The lowest BCUT2D eigenvalue weighted by Crippen LogP contribution is -2.53. The van der Waals surface area contributed by atoms with E-state index in [-0.39, 0.29) is 38.8 Å². The Morgan fingerprint density at radius 1 is 1.09 bits per heavy atom. The van der Waals surface area contributed by atoms with Gasteiger partial charge in [0.2, 0.25) is 10.0 Å². The Kier molecular flexibility index (Phi) is 6.11. The monoisotopic (exact) mass is 463 g/mol. The average molecular weight is 464 g/mol. The van der Waals surface area contributed by atoms with Crippen LogP contribution in [-0.2, 0) is 23.1 Å². The lowest BCUT2D eigenvalue weighted by atomic mass is 10.3. The molecule has 0 atom stereocenters. The van der Waals surface area contributed by atoms with E-state index in [9.17, 15) is 22.0 Å². The molecule has 1 aliphatic rings. The van der Waals surface area contributed by atoms with Gasteiger partial charge in [0.1, 0.15) is 22.4 Å². The maximum absolute atomic E-state index is 14.0. The van der Waals surface area contributed by atoms with Crippen molar-refractivity contribution in [3.63, 3.8) is 0 Å². The van der Waals surface area contributed by atoms with E-state index < -0.39 is 26.6 Å². The van der Waals surface area contributed by atoms with Crippen molar-refractivity contribution in [2.75, 3.05) is 26.2 Å². The molecule has 0 radical (unpaired) electrons. The molecule has 2 amide bonds. The third-order valence-electron chi connectivity index (χ3n) is 5.48. The van der Waals surface area contributed by atoms with E-state index in [1.807, 2.05) is 35.8 Å². The van der Waals surface area contributed by atoms with Crippen molar-refractivity contribution < 1.29 is 22.0 Å². The van der Waals surface area contributed by atoms with Crippen LogP contribution in [0, 0.1) is 11.6 Å². The summed E-state index contributed by atoms with van der Waals surface area (Å²) in [6, 6.07) is 9.70. The number of nitrogens with zero attached hydrogens (tertiary/aromatic N) is 4. The molecule has 8 nitrogen and oxygen atoms in total. The molecule has 0 aliphatic carbocycles. The zero-order valence-electron chi connectivity index (χ0n) is 17.5. The third kappa shape index (κ3) is 4.17. The van der Waals surface area contributed by atoms with Gasteiger partial charge >= 0.3 is 6.03 Å². The van der Waals surface area contributed by atoms with Gasteiger partial charge in [-0.05, 0) is 37.3 Å². The number of amides is 2. The molecule has 4 rings (SSSR count). The zero-order chi connectivity index (χ0) is 22.9. The minimum atomic E-state index is -4.20. The molecule has 3 aromatic rings. The van der Waals surface area contributed by atoms with Crippen molar-refractivity contribution in [1.82, 2.24) is 24.1 Å². The predicted molar refractivity (Wildman–Crippen MR) is 114 cm³/mol. The van der Waals surface area contributed by atoms with Crippen LogP contribution in [-0.4, -0.2) is 59.4 Å². The summed E-state index contributed by atoms with van der Waals surface area (Å²) >= 11 is 0. The third-order valence-corrected chi connectivity index (χ3v) is 7.40. The predicted octanol–water partition coefficient (Wildman–Crippen LogP) is 2.55. The van der Waals surface area contributed by atoms with E-state index in [4.69, 9.17) is 0 Å². The van der Waals surface area contributed by atoms with Crippen LogP contribution in [0.5, 0.6) is 0 Å². The summed E-state index contributed by atoms with van der Waals surface area (Å²) in [6.45, 7) is 3.17. The first kappa shape index (κ1) is 22.2. The molecule has 0 bridgehead atoms. The van der Waals surface area contributed by atoms with E-state index in [1.54, 1.807) is 0 Å². The molecule has 1 aromatic heterocycles. The number of nitrogens with one attached hydrogen (secondary N) is 1. The SMILES string of the molecule is CCn1c(CNC(=O)N2CCN(S(=O)(=O)c3cc(F)ccc3F)CC2)nc2ccccc21. The van der Waals surface area contributed by atoms with E-state index in [0.717, 1.165) is 33.3 Å². The highest BCUT2D eigenvalue weighted by atomic mass is 32.2. The first-order valence-electron chi connectivity index (χ1n) is 10.2. The molecule has 1 saturated heterocycles. The number of carbonyl (C=O) groups excluding carboxylic acids is 1. The number of benzene rings is 2. The second-order valence-electron chi connectivity index (χ2n) is 7.39. The number of hydrogen-bond acceptors (Lipinski definition) is 4. The Hall–Kier alpha value is -3.05. The minimum absolute atomic E-state index is 0.0147. The van der Waals surface area contributed by atoms with Crippen molar-refractivity contribution in [3.05, 3.63) is 59.9 Å². The fraction of sp³-hybridized carbons (Fsp3) is 0.333. The summed E-state index contributed by atoms with van der Waals surface area (Å²) in [5, 5.41) is 2.83. The second-order valence-corrected chi connectivity index (χ2v) is 9.29. The summed E-state index contributed by atoms with van der Waals surface area (Å²) in [5.41, 5.74) is 1.84. The fourth-order valence-corrected chi connectivity index (χ4v) is 5.32. The highest BCUT2D eigenvalue weighted by molar-refractivity contribution is 7.89. The molecule has 11 heteroatoms. The molecule has 2 heterocycles. The maximum atomic E-state index is 14.0. The molecule has 1 fully saturated rings. The largest absolute Gasteiger partial charge is 0.331 e. The normalized spacial score (nSPS) is 15.3. The number of urea groups is 1. The Balaban J connectivity index is 1.38. The molecular weight excluding hydrogens is 440 g/mol. The van der Waals surface area contributed by atoms with Gasteiger partial charge in [-0.25, -0.2) is 27.0 Å². The molecule has 2 aromatic carbocycles. The van der Waals surface area contributed by atoms with Gasteiger partial charge in [-0.15, -0.1) is 0 Å². The van der Waals surface area contributed by atoms with Crippen LogP contribution in [0.15, 0.2) is 47.4 Å². The molecule has 170 valence electrons. The number of hydrogen-bond donors (Lipinski definition) is 1. The highest BCUT2D eigenvalue weighted by Crippen LogP contribution is 2.22. The Bertz CT molecular complexity index is 1250. The number of sulfonamides is 1. The van der Waals surface area contributed by atoms with E-state index >= 15 is 0 Å². The van der Waals surface area contributed by atoms with Crippen LogP contribution >= 0.6 is 0 Å². The summed E-state index contributed by atoms with van der Waals surface area (Å²) < 4.78 is 55.9. The number of para-hydroxylation sites is 2. The molecule has 0 saturated carbocycles. The topological polar surface area (TPSA) is 87.5 Å². The average Bonchev–Trinajstić information content (AvgIpc) is 3.16. The second kappa shape index (κ2) is 8.83. The van der Waals surface area contributed by atoms with Crippen molar-refractivity contribution in [2.24, 2.45) is 0 Å². The molecular formula is C21H23F2N5O3S. The van der Waals surface area contributed by atoms with Gasteiger partial charge in [0.25, 0.3) is 0 Å². The summed E-state index contributed by atoms with van der Waals surface area (Å²) in [6.07, 6.45) is 0. The Morgan fingerprint density at radius 3 is 2.53 bits per heavy atom. The standard InChI is InChI=1S/C21H23F2N5O3S/c1-2-28-18-6-4-3-5-17(18)25-20(28)14-24-21(29)26-9-11-27(12-10-26)32(30,31)19-13-15(22)7-8-16(19)23/h3-8,13H,2,9-12,14H2,1H3,(H,24,29). The first-order chi connectivity index (χ1) is 15.3. The van der Waals surface area contributed by atoms with Crippen molar-refractivity contribution in [3.8, 4) is 0 Å². The number of halogens is 2. The quantitative estimate of drug-likeness (QED) is 0.630. The lowest BCUT2D eigenvalue weighted by Gasteiger charge is -2.34. The highest BCUT2D eigenvalue weighted by Gasteiger charge is 2.32. The Morgan fingerprint density at radius 2 is 1.81 bits per heavy atom. The van der Waals surface area contributed by atoms with Crippen LogP contribution in [0.3, 0.4) is 0 Å². The summed E-state index contributed by atoms with van der Waals surface area (Å²) in [7, 11) is -4.20. The van der Waals surface area contributed by atoms with E-state index in [2.05, 4.69) is 10.3 Å². The summed E-state index contributed by atoms with van der Waals surface area (Å²) in [4.78, 5) is 18.0. The van der Waals surface area contributed by atoms with Crippen molar-refractivity contribution in [1.29, 1.82) is 0 Å². The zero-order valence-corrected chi connectivity index (χ0v) is 18.3. The fourth-order valence-electron chi connectivity index (χ4n) is 3.83. The van der Waals surface area contributed by atoms with Crippen molar-refractivity contribution >= 4 is 27.1 Å². The van der Waals surface area contributed by atoms with Crippen LogP contribution in [0.2, 0.25) is 0 Å². The van der Waals surface area contributed by atoms with Crippen molar-refractivity contribution in [2.45, 2.75) is 24.9 Å². The van der Waals surface area contributed by atoms with E-state index in [0.29, 0.717) is 12.6 Å². The molecule has 1 N–H and O–H groups in total. The number of rotatable bonds is 5. The first-order valence-corrected chi connectivity index (χ1v) is 11.7. The molecule has 32 heavy (non-hydrogen) atoms. The van der Waals surface area contributed by atoms with Gasteiger partial charge in [0.15, 0.2) is 0 Å². The van der Waals surface area contributed by atoms with Crippen LogP contribution in [0.4, 0.5) is 13.6 Å². The van der Waals surface area contributed by atoms with Gasteiger partial charge < -0.3 is 14.8 Å². The number of aromatic nitrogens is 2. The molecule has 0 spiro atoms. The lowest BCUT2D eigenvalue weighted by molar-refractivity contribution is 0.171. The van der Waals surface area contributed by atoms with Gasteiger partial charge in [-0.1, -0.05) is 12.1 Å². The number of piperazine rings is 1. The van der Waals surface area contributed by atoms with E-state index in [1.165, 1.54) is 4.90 Å². The number of carbonyl (C=O) groups is 1. The molecule has 0 unspecified atom stereocenters. The van der Waals surface area contributed by atoms with Crippen LogP contribution in [0.25, 0.3) is 11.0 Å². The number of imidazole rings is 1. The van der Waals surface area contributed by atoms with Gasteiger partial charge in [0.05, 0.1) is 17.6 Å². The van der Waals surface area contributed by atoms with Gasteiger partial charge in [-0.3, -0.25) is 0 Å². The van der Waals surface area contributed by atoms with Crippen LogP contribution < -0.4 is 5.32 Å². The summed E-state index contributed by atoms with van der Waals surface area (Å²) in [5.74, 6) is -1.11. The minimum Gasteiger partial charge on any atom is -0.331 e. The van der Waals surface area contributed by atoms with Crippen LogP contribution in [0.1, 0.15) is 12.7 Å². The Labute approximate surface area is 184 Å². The smallest absolute Gasteiger partial charge is 0.317 e. The number of fused-ring (bicyclic) bond motifs is 1. The maximum Gasteiger partial charge on any atom is 0.317 e.